The Bertz CT molecular complexity index is 737. The molecule has 0 atom stereocenters. The van der Waals surface area contributed by atoms with Crippen LogP contribution in [0.15, 0.2) is 46.0 Å². The van der Waals surface area contributed by atoms with E-state index in [-0.39, 0.29) is 31.6 Å². The number of halogens is 8. The lowest BCUT2D eigenvalue weighted by Crippen LogP contribution is -2.06. The average Bonchev–Trinajstić information content (AvgIpc) is 3.03. The van der Waals surface area contributed by atoms with Crippen molar-refractivity contribution in [1.29, 1.82) is 0 Å². The Hall–Kier alpha value is 0.160. The smallest absolute Gasteiger partial charge is 0.198 e. The Morgan fingerprint density at radius 1 is 0.720 bits per heavy atom. The molecule has 0 radical (unpaired) electrons. The molecule has 0 saturated carbocycles. The molecule has 0 aromatic carbocycles. The van der Waals surface area contributed by atoms with Gasteiger partial charge in [0.1, 0.15) is 22.6 Å². The number of allylic oxidation sites excluding steroid dienone is 2. The fraction of sp³-hybridized carbons (Fsp3) is 0.143. The predicted octanol–water partition coefficient (Wildman–Crippen LogP) is 8.49. The van der Waals surface area contributed by atoms with Gasteiger partial charge >= 0.3 is 0 Å². The highest BCUT2D eigenvalue weighted by atomic mass is 35.5. The first-order valence-corrected chi connectivity index (χ1v) is 9.21. The summed E-state index contributed by atoms with van der Waals surface area (Å²) >= 11 is 47.8. The molecule has 2 heterocycles. The highest BCUT2D eigenvalue weighted by molar-refractivity contribution is 6.52. The van der Waals surface area contributed by atoms with Crippen LogP contribution in [0.1, 0.15) is 11.5 Å². The van der Waals surface area contributed by atoms with Crippen molar-refractivity contribution < 1.29 is 13.6 Å². The molecule has 0 bridgehead atoms. The average molecular weight is 506 g/mol. The molecule has 0 fully saturated rings. The molecule has 3 nitrogen and oxygen atoms in total. The molecule has 0 aliphatic rings. The maximum atomic E-state index is 6.11. The van der Waals surface area contributed by atoms with Crippen LogP contribution in [0, 0.1) is 0 Å². The second-order valence-corrected chi connectivity index (χ2v) is 8.78. The molecular formula is C14H6Cl8O3. The van der Waals surface area contributed by atoms with Crippen LogP contribution < -0.4 is 0 Å². The summed E-state index contributed by atoms with van der Waals surface area (Å²) in [5.74, 6) is 0.0970. The van der Waals surface area contributed by atoms with Crippen LogP contribution in [0.2, 0.25) is 20.1 Å². The van der Waals surface area contributed by atoms with E-state index in [1.165, 1.54) is 37.2 Å². The van der Waals surface area contributed by atoms with Gasteiger partial charge in [0, 0.05) is 0 Å². The van der Waals surface area contributed by atoms with Gasteiger partial charge in [0.15, 0.2) is 20.2 Å². The minimum absolute atomic E-state index is 0.0485. The van der Waals surface area contributed by atoms with E-state index in [1.807, 2.05) is 0 Å². The molecule has 0 aliphatic heterocycles. The molecule has 25 heavy (non-hydrogen) atoms. The molecule has 0 amide bonds. The monoisotopic (exact) mass is 502 g/mol. The van der Waals surface area contributed by atoms with Crippen molar-refractivity contribution in [2.45, 2.75) is 8.67 Å². The third-order valence-electron chi connectivity index (χ3n) is 2.70. The highest BCUT2D eigenvalue weighted by Crippen LogP contribution is 2.44. The predicted molar refractivity (Wildman–Crippen MR) is 104 cm³/mol. The molecule has 0 unspecified atom stereocenters. The second kappa shape index (κ2) is 8.45. The summed E-state index contributed by atoms with van der Waals surface area (Å²) in [5.41, 5.74) is 0. The van der Waals surface area contributed by atoms with E-state index < -0.39 is 8.67 Å². The quantitative estimate of drug-likeness (QED) is 0.292. The zero-order chi connectivity index (χ0) is 18.8. The van der Waals surface area contributed by atoms with E-state index in [9.17, 15) is 0 Å². The van der Waals surface area contributed by atoms with Crippen molar-refractivity contribution in [2.24, 2.45) is 0 Å². The summed E-state index contributed by atoms with van der Waals surface area (Å²) < 4.78 is 12.1. The summed E-state index contributed by atoms with van der Waals surface area (Å²) in [7, 11) is 0. The Balaban J connectivity index is 2.04. The first-order chi connectivity index (χ1) is 11.6. The molecular weight excluding hydrogens is 500 g/mol. The minimum atomic E-state index is -1.60. The maximum Gasteiger partial charge on any atom is 0.198 e. The topological polar surface area (TPSA) is 35.5 Å². The third kappa shape index (κ3) is 5.12. The number of hydrogen-bond acceptors (Lipinski definition) is 3. The first kappa shape index (κ1) is 21.5. The molecule has 2 aromatic heterocycles. The zero-order valence-corrected chi connectivity index (χ0v) is 17.8. The van der Waals surface area contributed by atoms with Crippen molar-refractivity contribution in [3.05, 3.63) is 68.8 Å². The number of hydrogen-bond donors (Lipinski definition) is 0. The molecule has 0 saturated heterocycles. The second-order valence-electron chi connectivity index (χ2n) is 4.44. The summed E-state index contributed by atoms with van der Waals surface area (Å²) in [6, 6.07) is 0. The Morgan fingerprint density at radius 3 is 1.36 bits per heavy atom. The van der Waals surface area contributed by atoms with Crippen molar-refractivity contribution in [2.75, 3.05) is 0 Å². The van der Waals surface area contributed by atoms with Gasteiger partial charge in [0.05, 0.1) is 22.6 Å². The molecule has 0 aliphatic carbocycles. The Kier molecular flexibility index (Phi) is 7.25. The number of alkyl halides is 4. The maximum absolute atomic E-state index is 6.11. The zero-order valence-electron chi connectivity index (χ0n) is 11.7. The fourth-order valence-electron chi connectivity index (χ4n) is 1.54. The number of ether oxygens (including phenoxy) is 1. The number of furan rings is 2. The highest BCUT2D eigenvalue weighted by Gasteiger charge is 2.32. The molecule has 11 heteroatoms. The van der Waals surface area contributed by atoms with E-state index >= 15 is 0 Å². The summed E-state index contributed by atoms with van der Waals surface area (Å²) in [5, 5.41) is 0.549. The van der Waals surface area contributed by atoms with E-state index in [0.29, 0.717) is 0 Å². The molecule has 0 N–H and O–H groups in total. The van der Waals surface area contributed by atoms with Crippen LogP contribution in [0.25, 0.3) is 0 Å². The van der Waals surface area contributed by atoms with Gasteiger partial charge in [-0.1, -0.05) is 92.8 Å². The van der Waals surface area contributed by atoms with Crippen LogP contribution in [0.3, 0.4) is 0 Å². The van der Waals surface area contributed by atoms with E-state index in [0.717, 1.165) is 0 Å². The van der Waals surface area contributed by atoms with Gasteiger partial charge in [-0.2, -0.15) is 0 Å². The van der Waals surface area contributed by atoms with Gasteiger partial charge < -0.3 is 13.6 Å². The van der Waals surface area contributed by atoms with E-state index in [1.54, 1.807) is 0 Å². The van der Waals surface area contributed by atoms with Gasteiger partial charge in [0.25, 0.3) is 0 Å². The lowest BCUT2D eigenvalue weighted by Gasteiger charge is -2.12. The Labute approximate surface area is 182 Å². The summed E-state index contributed by atoms with van der Waals surface area (Å²) in [6.07, 6.45) is 7.29. The molecule has 136 valence electrons. The van der Waals surface area contributed by atoms with Gasteiger partial charge in [-0.25, -0.2) is 0 Å². The van der Waals surface area contributed by atoms with Gasteiger partial charge in [0.2, 0.25) is 0 Å². The molecule has 0 spiro atoms. The van der Waals surface area contributed by atoms with Gasteiger partial charge in [-0.3, -0.25) is 0 Å². The molecule has 2 aromatic rings. The SMILES string of the molecule is Clc1coc(C(Cl)(Cl)C=COC=CC(Cl)(Cl)c2occ(Cl)c2Cl)c1Cl. The van der Waals surface area contributed by atoms with Gasteiger partial charge in [-0.05, 0) is 12.2 Å². The summed E-state index contributed by atoms with van der Waals surface area (Å²) in [6.45, 7) is 0. The fourth-order valence-corrected chi connectivity index (χ4v) is 3.23. The lowest BCUT2D eigenvalue weighted by atomic mass is 10.3. The van der Waals surface area contributed by atoms with Crippen molar-refractivity contribution in [3.63, 3.8) is 0 Å². The van der Waals surface area contributed by atoms with E-state index in [4.69, 9.17) is 106 Å². The van der Waals surface area contributed by atoms with Gasteiger partial charge in [-0.15, -0.1) is 0 Å². The number of rotatable bonds is 6. The Morgan fingerprint density at radius 2 is 1.08 bits per heavy atom. The van der Waals surface area contributed by atoms with Crippen LogP contribution >= 0.6 is 92.8 Å². The summed E-state index contributed by atoms with van der Waals surface area (Å²) in [4.78, 5) is 0. The van der Waals surface area contributed by atoms with Crippen LogP contribution in [0.4, 0.5) is 0 Å². The molecule has 2 rings (SSSR count). The van der Waals surface area contributed by atoms with Crippen LogP contribution in [-0.2, 0) is 13.4 Å². The third-order valence-corrected chi connectivity index (χ3v) is 5.39. The normalized spacial score (nSPS) is 13.3. The van der Waals surface area contributed by atoms with Crippen molar-refractivity contribution in [1.82, 2.24) is 0 Å². The minimum Gasteiger partial charge on any atom is -0.473 e. The largest absolute Gasteiger partial charge is 0.473 e. The van der Waals surface area contributed by atoms with Crippen molar-refractivity contribution in [3.8, 4) is 0 Å². The van der Waals surface area contributed by atoms with E-state index in [2.05, 4.69) is 0 Å². The van der Waals surface area contributed by atoms with Crippen LogP contribution in [-0.4, -0.2) is 0 Å². The first-order valence-electron chi connectivity index (χ1n) is 6.18. The standard InChI is InChI=1S/C14H6Cl8O3/c15-7-5-24-11(9(7)17)13(19,20)1-3-23-4-2-14(21,22)12-10(18)8(16)6-25-12/h1-6H. The van der Waals surface area contributed by atoms with Crippen LogP contribution in [0.5, 0.6) is 0 Å². The lowest BCUT2D eigenvalue weighted by molar-refractivity contribution is 0.394. The van der Waals surface area contributed by atoms with Crippen molar-refractivity contribution >= 4 is 92.8 Å².